The molecule has 2 aromatic heterocycles. The lowest BCUT2D eigenvalue weighted by Gasteiger charge is -2.10. The molecule has 0 saturated heterocycles. The Morgan fingerprint density at radius 2 is 2.11 bits per heavy atom. The number of hydrogen-bond acceptors (Lipinski definition) is 6. The molecule has 8 heteroatoms. The monoisotopic (exact) mass is 397 g/mol. The number of nitrogens with zero attached hydrogens (tertiary/aromatic N) is 3. The number of ether oxygens (including phenoxy) is 1. The Kier molecular flexibility index (Phi) is 6.91. The van der Waals surface area contributed by atoms with Crippen LogP contribution in [0, 0.1) is 0 Å². The summed E-state index contributed by atoms with van der Waals surface area (Å²) in [6, 6.07) is 10.8. The Labute approximate surface area is 168 Å². The van der Waals surface area contributed by atoms with Gasteiger partial charge in [-0.25, -0.2) is 4.79 Å². The maximum absolute atomic E-state index is 12.1. The Hall–Kier alpha value is -3.00. The maximum Gasteiger partial charge on any atom is 0.319 e. The number of hydrogen-bond donors (Lipinski definition) is 2. The van der Waals surface area contributed by atoms with Gasteiger partial charge < -0.3 is 15.4 Å². The number of anilines is 1. The highest BCUT2D eigenvalue weighted by Gasteiger charge is 2.08. The highest BCUT2D eigenvalue weighted by Crippen LogP contribution is 2.20. The Morgan fingerprint density at radius 3 is 2.86 bits per heavy atom. The normalized spacial score (nSPS) is 10.7. The first kappa shape index (κ1) is 19.8. The molecule has 2 heterocycles. The molecule has 0 atom stereocenters. The molecule has 0 aliphatic rings. The number of amides is 2. The molecule has 0 spiro atoms. The summed E-state index contributed by atoms with van der Waals surface area (Å²) in [4.78, 5) is 16.2. The van der Waals surface area contributed by atoms with E-state index in [0.29, 0.717) is 36.9 Å². The van der Waals surface area contributed by atoms with Gasteiger partial charge in [0.1, 0.15) is 22.4 Å². The van der Waals surface area contributed by atoms with E-state index in [2.05, 4.69) is 39.7 Å². The molecule has 0 saturated carbocycles. The molecule has 0 bridgehead atoms. The summed E-state index contributed by atoms with van der Waals surface area (Å²) in [7, 11) is 0. The van der Waals surface area contributed by atoms with E-state index in [-0.39, 0.29) is 6.03 Å². The second kappa shape index (κ2) is 9.80. The molecule has 0 aliphatic heterocycles. The van der Waals surface area contributed by atoms with Crippen molar-refractivity contribution >= 4 is 23.1 Å². The SMILES string of the molecule is CC(C)c1nnc(CCNC(=O)Nc2cccc(OCc3cccnc3)c2)s1. The predicted octanol–water partition coefficient (Wildman–Crippen LogP) is 4.00. The third-order valence-electron chi connectivity index (χ3n) is 3.82. The number of urea groups is 1. The third kappa shape index (κ3) is 6.02. The van der Waals surface area contributed by atoms with Crippen molar-refractivity contribution in [3.63, 3.8) is 0 Å². The Morgan fingerprint density at radius 1 is 1.21 bits per heavy atom. The van der Waals surface area contributed by atoms with E-state index in [1.807, 2.05) is 30.3 Å². The second-order valence-electron chi connectivity index (χ2n) is 6.50. The van der Waals surface area contributed by atoms with Gasteiger partial charge in [0.05, 0.1) is 0 Å². The number of benzene rings is 1. The molecular formula is C20H23N5O2S. The van der Waals surface area contributed by atoms with Crippen LogP contribution in [0.25, 0.3) is 0 Å². The maximum atomic E-state index is 12.1. The molecule has 2 amide bonds. The van der Waals surface area contributed by atoms with Gasteiger partial charge in [-0.2, -0.15) is 0 Å². The first-order valence-corrected chi connectivity index (χ1v) is 9.90. The van der Waals surface area contributed by atoms with Gasteiger partial charge in [-0.05, 0) is 18.2 Å². The number of aromatic nitrogens is 3. The first-order chi connectivity index (χ1) is 13.6. The van der Waals surface area contributed by atoms with Crippen LogP contribution in [-0.4, -0.2) is 27.8 Å². The van der Waals surface area contributed by atoms with Crippen LogP contribution < -0.4 is 15.4 Å². The van der Waals surface area contributed by atoms with E-state index in [1.54, 1.807) is 29.8 Å². The van der Waals surface area contributed by atoms with Gasteiger partial charge in [0.25, 0.3) is 0 Å². The van der Waals surface area contributed by atoms with Crippen molar-refractivity contribution in [1.82, 2.24) is 20.5 Å². The molecule has 28 heavy (non-hydrogen) atoms. The highest BCUT2D eigenvalue weighted by atomic mass is 32.1. The fourth-order valence-electron chi connectivity index (χ4n) is 2.37. The third-order valence-corrected chi connectivity index (χ3v) is 5.10. The zero-order valence-corrected chi connectivity index (χ0v) is 16.7. The molecule has 3 aromatic rings. The first-order valence-electron chi connectivity index (χ1n) is 9.09. The van der Waals surface area contributed by atoms with Crippen molar-refractivity contribution in [1.29, 1.82) is 0 Å². The van der Waals surface area contributed by atoms with E-state index in [9.17, 15) is 4.79 Å². The van der Waals surface area contributed by atoms with Gasteiger partial charge >= 0.3 is 6.03 Å². The fourth-order valence-corrected chi connectivity index (χ4v) is 3.22. The topological polar surface area (TPSA) is 89.0 Å². The molecule has 0 unspecified atom stereocenters. The number of pyridine rings is 1. The van der Waals surface area contributed by atoms with Crippen molar-refractivity contribution in [2.24, 2.45) is 0 Å². The lowest BCUT2D eigenvalue weighted by molar-refractivity contribution is 0.252. The van der Waals surface area contributed by atoms with Crippen LogP contribution in [0.2, 0.25) is 0 Å². The van der Waals surface area contributed by atoms with Crippen molar-refractivity contribution in [3.05, 3.63) is 64.4 Å². The molecule has 7 nitrogen and oxygen atoms in total. The fraction of sp³-hybridized carbons (Fsp3) is 0.300. The molecule has 0 aliphatic carbocycles. The van der Waals surface area contributed by atoms with Crippen LogP contribution in [0.1, 0.15) is 35.3 Å². The predicted molar refractivity (Wildman–Crippen MR) is 110 cm³/mol. The van der Waals surface area contributed by atoms with E-state index < -0.39 is 0 Å². The van der Waals surface area contributed by atoms with Crippen LogP contribution in [0.5, 0.6) is 5.75 Å². The van der Waals surface area contributed by atoms with Crippen molar-refractivity contribution in [2.45, 2.75) is 32.8 Å². The highest BCUT2D eigenvalue weighted by molar-refractivity contribution is 7.11. The summed E-state index contributed by atoms with van der Waals surface area (Å²) in [6.07, 6.45) is 4.14. The minimum atomic E-state index is -0.266. The van der Waals surface area contributed by atoms with E-state index in [4.69, 9.17) is 4.74 Å². The zero-order valence-electron chi connectivity index (χ0n) is 15.9. The minimum absolute atomic E-state index is 0.266. The molecule has 0 radical (unpaired) electrons. The largest absolute Gasteiger partial charge is 0.489 e. The van der Waals surface area contributed by atoms with Crippen molar-refractivity contribution < 1.29 is 9.53 Å². The van der Waals surface area contributed by atoms with Crippen LogP contribution in [-0.2, 0) is 13.0 Å². The average molecular weight is 398 g/mol. The number of carbonyl (C=O) groups is 1. The summed E-state index contributed by atoms with van der Waals surface area (Å²) in [5.74, 6) is 1.05. The van der Waals surface area contributed by atoms with Gasteiger partial charge in [0, 0.05) is 48.6 Å². The smallest absolute Gasteiger partial charge is 0.319 e. The van der Waals surface area contributed by atoms with Crippen LogP contribution in [0.15, 0.2) is 48.8 Å². The average Bonchev–Trinajstić information content (AvgIpc) is 3.17. The van der Waals surface area contributed by atoms with Gasteiger partial charge in [0.15, 0.2) is 0 Å². The minimum Gasteiger partial charge on any atom is -0.489 e. The molecule has 2 N–H and O–H groups in total. The standard InChI is InChI=1S/C20H23N5O2S/c1-14(2)19-25-24-18(28-19)8-10-22-20(26)23-16-6-3-7-17(11-16)27-13-15-5-4-9-21-12-15/h3-7,9,11-12,14H,8,10,13H2,1-2H3,(H2,22,23,26). The zero-order chi connectivity index (χ0) is 19.8. The molecule has 146 valence electrons. The van der Waals surface area contributed by atoms with Crippen molar-refractivity contribution in [3.8, 4) is 5.75 Å². The van der Waals surface area contributed by atoms with Gasteiger partial charge in [-0.1, -0.05) is 26.0 Å². The van der Waals surface area contributed by atoms with E-state index in [1.165, 1.54) is 0 Å². The van der Waals surface area contributed by atoms with E-state index >= 15 is 0 Å². The van der Waals surface area contributed by atoms with Gasteiger partial charge in [-0.3, -0.25) is 4.98 Å². The summed E-state index contributed by atoms with van der Waals surface area (Å²) < 4.78 is 5.75. The lowest BCUT2D eigenvalue weighted by Crippen LogP contribution is -2.30. The number of carbonyl (C=O) groups excluding carboxylic acids is 1. The molecule has 0 fully saturated rings. The Balaban J connectivity index is 1.44. The molecular weight excluding hydrogens is 374 g/mol. The molecule has 1 aromatic carbocycles. The molecule has 3 rings (SSSR count). The summed E-state index contributed by atoms with van der Waals surface area (Å²) in [5, 5.41) is 15.9. The van der Waals surface area contributed by atoms with Crippen LogP contribution in [0.3, 0.4) is 0 Å². The quantitative estimate of drug-likeness (QED) is 0.600. The number of rotatable bonds is 8. The van der Waals surface area contributed by atoms with Crippen molar-refractivity contribution in [2.75, 3.05) is 11.9 Å². The summed E-state index contributed by atoms with van der Waals surface area (Å²) >= 11 is 1.59. The van der Waals surface area contributed by atoms with Gasteiger partial charge in [0.2, 0.25) is 0 Å². The van der Waals surface area contributed by atoms with Crippen LogP contribution in [0.4, 0.5) is 10.5 Å². The van der Waals surface area contributed by atoms with Gasteiger partial charge in [-0.15, -0.1) is 21.5 Å². The summed E-state index contributed by atoms with van der Waals surface area (Å²) in [5.41, 5.74) is 1.65. The Bertz CT molecular complexity index is 898. The summed E-state index contributed by atoms with van der Waals surface area (Å²) in [6.45, 7) is 5.09. The van der Waals surface area contributed by atoms with E-state index in [0.717, 1.165) is 15.6 Å². The lowest BCUT2D eigenvalue weighted by atomic mass is 10.2. The number of nitrogens with one attached hydrogen (secondary N) is 2. The van der Waals surface area contributed by atoms with Crippen LogP contribution >= 0.6 is 11.3 Å². The second-order valence-corrected chi connectivity index (χ2v) is 7.59.